The van der Waals surface area contributed by atoms with Crippen LogP contribution in [0.5, 0.6) is 5.88 Å². The normalized spacial score (nSPS) is 15.1. The molecule has 4 aromatic rings. The number of hydrogen-bond donors (Lipinski definition) is 0. The van der Waals surface area contributed by atoms with Gasteiger partial charge < -0.3 is 4.74 Å². The van der Waals surface area contributed by atoms with Crippen molar-refractivity contribution in [1.29, 1.82) is 0 Å². The molecule has 1 aliphatic rings. The molecule has 28 heavy (non-hydrogen) atoms. The maximum atomic E-state index is 6.30. The van der Waals surface area contributed by atoms with E-state index in [0.717, 1.165) is 39.7 Å². The molecule has 2 heterocycles. The van der Waals surface area contributed by atoms with Gasteiger partial charge in [0.25, 0.3) is 0 Å². The van der Waals surface area contributed by atoms with Crippen LogP contribution in [-0.4, -0.2) is 4.98 Å². The molecule has 0 fully saturated rings. The van der Waals surface area contributed by atoms with Gasteiger partial charge >= 0.3 is 0 Å². The lowest BCUT2D eigenvalue weighted by atomic mass is 9.95. The molecule has 136 valence electrons. The minimum absolute atomic E-state index is 0.0479. The molecule has 0 saturated heterocycles. The number of hydrogen-bond acceptors (Lipinski definition) is 2. The summed E-state index contributed by atoms with van der Waals surface area (Å²) in [4.78, 5) is 4.85. The van der Waals surface area contributed by atoms with Crippen LogP contribution >= 0.6 is 11.6 Å². The van der Waals surface area contributed by atoms with Crippen molar-refractivity contribution in [3.63, 3.8) is 0 Å². The molecular weight excluding hydrogens is 366 g/mol. The standard InChI is InChI=1S/C25H18ClNO/c26-20-13-11-19(12-14-20)24-16-22-21(17-7-3-1-4-8-17)15-23(27-25(22)28-24)18-9-5-2-6-10-18/h1-15,24H,16H2. The number of rotatable bonds is 3. The summed E-state index contributed by atoms with van der Waals surface area (Å²) >= 11 is 6.05. The van der Waals surface area contributed by atoms with Crippen LogP contribution in [-0.2, 0) is 6.42 Å². The van der Waals surface area contributed by atoms with E-state index in [1.54, 1.807) is 0 Å². The molecule has 0 amide bonds. The summed E-state index contributed by atoms with van der Waals surface area (Å²) in [6.45, 7) is 0. The first-order chi connectivity index (χ1) is 13.8. The molecule has 3 heteroatoms. The summed E-state index contributed by atoms with van der Waals surface area (Å²) in [7, 11) is 0. The minimum atomic E-state index is -0.0479. The van der Waals surface area contributed by atoms with Crippen molar-refractivity contribution in [2.45, 2.75) is 12.5 Å². The van der Waals surface area contributed by atoms with E-state index in [-0.39, 0.29) is 6.10 Å². The van der Waals surface area contributed by atoms with Crippen molar-refractivity contribution in [3.8, 4) is 28.3 Å². The van der Waals surface area contributed by atoms with Gasteiger partial charge in [-0.1, -0.05) is 84.4 Å². The van der Waals surface area contributed by atoms with Gasteiger partial charge in [0.1, 0.15) is 6.10 Å². The van der Waals surface area contributed by atoms with Gasteiger partial charge in [-0.05, 0) is 34.9 Å². The Kier molecular flexibility index (Phi) is 4.34. The highest BCUT2D eigenvalue weighted by molar-refractivity contribution is 6.30. The van der Waals surface area contributed by atoms with E-state index in [2.05, 4.69) is 42.5 Å². The lowest BCUT2D eigenvalue weighted by molar-refractivity contribution is 0.231. The van der Waals surface area contributed by atoms with E-state index in [4.69, 9.17) is 21.3 Å². The van der Waals surface area contributed by atoms with Crippen molar-refractivity contribution < 1.29 is 4.74 Å². The lowest BCUT2D eigenvalue weighted by Gasteiger charge is -2.11. The first-order valence-electron chi connectivity index (χ1n) is 9.35. The maximum Gasteiger partial charge on any atom is 0.218 e. The first-order valence-corrected chi connectivity index (χ1v) is 9.72. The molecule has 1 unspecified atom stereocenters. The molecule has 3 aromatic carbocycles. The highest BCUT2D eigenvalue weighted by Gasteiger charge is 2.29. The van der Waals surface area contributed by atoms with Gasteiger partial charge in [-0.3, -0.25) is 0 Å². The zero-order chi connectivity index (χ0) is 18.9. The Balaban J connectivity index is 1.62. The average molecular weight is 384 g/mol. The molecule has 0 radical (unpaired) electrons. The van der Waals surface area contributed by atoms with Crippen LogP contribution < -0.4 is 4.74 Å². The van der Waals surface area contributed by atoms with Crippen LogP contribution in [0.15, 0.2) is 91.0 Å². The largest absolute Gasteiger partial charge is 0.469 e. The quantitative estimate of drug-likeness (QED) is 0.390. The second kappa shape index (κ2) is 7.14. The zero-order valence-corrected chi connectivity index (χ0v) is 15.9. The Labute approximate surface area is 169 Å². The van der Waals surface area contributed by atoms with Crippen LogP contribution in [0, 0.1) is 0 Å². The van der Waals surface area contributed by atoms with Gasteiger partial charge in [-0.2, -0.15) is 0 Å². The van der Waals surface area contributed by atoms with Crippen LogP contribution in [0.3, 0.4) is 0 Å². The third kappa shape index (κ3) is 3.17. The van der Waals surface area contributed by atoms with Crippen LogP contribution in [0.25, 0.3) is 22.4 Å². The second-order valence-corrected chi connectivity index (χ2v) is 7.37. The molecule has 1 atom stereocenters. The van der Waals surface area contributed by atoms with Gasteiger partial charge in [0.2, 0.25) is 5.88 Å². The van der Waals surface area contributed by atoms with E-state index >= 15 is 0 Å². The average Bonchev–Trinajstić information content (AvgIpc) is 3.19. The van der Waals surface area contributed by atoms with Gasteiger partial charge in [-0.15, -0.1) is 0 Å². The SMILES string of the molecule is Clc1ccc(C2Cc3c(-c4ccccc4)cc(-c4ccccc4)nc3O2)cc1. The van der Waals surface area contributed by atoms with E-state index in [1.165, 1.54) is 11.1 Å². The first kappa shape index (κ1) is 17.0. The fraction of sp³-hybridized carbons (Fsp3) is 0.0800. The van der Waals surface area contributed by atoms with E-state index < -0.39 is 0 Å². The zero-order valence-electron chi connectivity index (χ0n) is 15.2. The number of nitrogens with zero attached hydrogens (tertiary/aromatic N) is 1. The van der Waals surface area contributed by atoms with Crippen molar-refractivity contribution in [1.82, 2.24) is 4.98 Å². The maximum absolute atomic E-state index is 6.30. The number of halogens is 1. The molecule has 0 aliphatic carbocycles. The molecule has 0 spiro atoms. The summed E-state index contributed by atoms with van der Waals surface area (Å²) in [5.74, 6) is 0.722. The van der Waals surface area contributed by atoms with E-state index in [0.29, 0.717) is 0 Å². The second-order valence-electron chi connectivity index (χ2n) is 6.93. The molecule has 1 aliphatic heterocycles. The molecule has 1 aromatic heterocycles. The third-order valence-corrected chi connectivity index (χ3v) is 5.38. The number of pyridine rings is 1. The van der Waals surface area contributed by atoms with Crippen molar-refractivity contribution in [2.24, 2.45) is 0 Å². The highest BCUT2D eigenvalue weighted by Crippen LogP contribution is 2.42. The predicted molar refractivity (Wildman–Crippen MR) is 114 cm³/mol. The highest BCUT2D eigenvalue weighted by atomic mass is 35.5. The van der Waals surface area contributed by atoms with Crippen molar-refractivity contribution in [3.05, 3.63) is 107 Å². The van der Waals surface area contributed by atoms with E-state index in [9.17, 15) is 0 Å². The number of benzene rings is 3. The Hall–Kier alpha value is -3.10. The molecule has 2 nitrogen and oxygen atoms in total. The summed E-state index contributed by atoms with van der Waals surface area (Å²) < 4.78 is 6.30. The summed E-state index contributed by atoms with van der Waals surface area (Å²) in [6.07, 6.45) is 0.747. The number of ether oxygens (including phenoxy) is 1. The number of aromatic nitrogens is 1. The minimum Gasteiger partial charge on any atom is -0.469 e. The monoisotopic (exact) mass is 383 g/mol. The Morgan fingerprint density at radius 2 is 1.43 bits per heavy atom. The predicted octanol–water partition coefficient (Wildman–Crippen LogP) is 6.75. The van der Waals surface area contributed by atoms with Crippen molar-refractivity contribution in [2.75, 3.05) is 0 Å². The third-order valence-electron chi connectivity index (χ3n) is 5.13. The van der Waals surface area contributed by atoms with Gasteiger partial charge in [0, 0.05) is 22.6 Å². The topological polar surface area (TPSA) is 22.1 Å². The number of fused-ring (bicyclic) bond motifs is 1. The smallest absolute Gasteiger partial charge is 0.218 e. The summed E-state index contributed by atoms with van der Waals surface area (Å²) in [5, 5.41) is 0.730. The molecule has 5 rings (SSSR count). The fourth-order valence-corrected chi connectivity index (χ4v) is 3.83. The molecular formula is C25H18ClNO. The van der Waals surface area contributed by atoms with Crippen LogP contribution in [0.2, 0.25) is 5.02 Å². The Morgan fingerprint density at radius 1 is 0.786 bits per heavy atom. The van der Waals surface area contributed by atoms with Crippen molar-refractivity contribution >= 4 is 11.6 Å². The van der Waals surface area contributed by atoms with Gasteiger partial charge in [-0.25, -0.2) is 4.98 Å². The van der Waals surface area contributed by atoms with Gasteiger partial charge in [0.05, 0.1) is 5.69 Å². The van der Waals surface area contributed by atoms with Crippen LogP contribution in [0.1, 0.15) is 17.2 Å². The molecule has 0 N–H and O–H groups in total. The fourth-order valence-electron chi connectivity index (χ4n) is 3.70. The Morgan fingerprint density at radius 3 is 2.11 bits per heavy atom. The molecule has 0 saturated carbocycles. The Bertz CT molecular complexity index is 1110. The molecule has 0 bridgehead atoms. The van der Waals surface area contributed by atoms with Gasteiger partial charge in [0.15, 0.2) is 0 Å². The summed E-state index contributed by atoms with van der Waals surface area (Å²) in [6, 6.07) is 30.7. The van der Waals surface area contributed by atoms with Crippen LogP contribution in [0.4, 0.5) is 0 Å². The van der Waals surface area contributed by atoms with E-state index in [1.807, 2.05) is 48.5 Å². The summed E-state index contributed by atoms with van der Waals surface area (Å²) in [5.41, 5.74) is 6.64. The lowest BCUT2D eigenvalue weighted by Crippen LogP contribution is -2.03.